The standard InChI is InChI=1S/C18H24O3/c1-4-7-8-15(6-3)13-21-18(20)17-10-9-14(5-2)11-16(17)12-19/h5,9-12,15H,2,4,6-8,13H2,1,3H3. The third-order valence-corrected chi connectivity index (χ3v) is 3.65. The van der Waals surface area contributed by atoms with Crippen molar-refractivity contribution in [3.8, 4) is 0 Å². The molecule has 3 nitrogen and oxygen atoms in total. The average molecular weight is 288 g/mol. The maximum Gasteiger partial charge on any atom is 0.338 e. The van der Waals surface area contributed by atoms with Crippen LogP contribution in [-0.2, 0) is 4.74 Å². The van der Waals surface area contributed by atoms with Crippen LogP contribution in [0.4, 0.5) is 0 Å². The van der Waals surface area contributed by atoms with Gasteiger partial charge >= 0.3 is 5.97 Å². The van der Waals surface area contributed by atoms with Gasteiger partial charge < -0.3 is 4.74 Å². The molecule has 0 saturated carbocycles. The van der Waals surface area contributed by atoms with Crippen LogP contribution in [0.5, 0.6) is 0 Å². The Balaban J connectivity index is 2.70. The van der Waals surface area contributed by atoms with Gasteiger partial charge in [0.1, 0.15) is 0 Å². The van der Waals surface area contributed by atoms with Crippen LogP contribution in [0.25, 0.3) is 6.08 Å². The molecular formula is C18H24O3. The average Bonchev–Trinajstić information content (AvgIpc) is 2.54. The smallest absolute Gasteiger partial charge is 0.338 e. The fourth-order valence-electron chi connectivity index (χ4n) is 2.16. The van der Waals surface area contributed by atoms with Gasteiger partial charge in [0.2, 0.25) is 0 Å². The van der Waals surface area contributed by atoms with Gasteiger partial charge in [0.05, 0.1) is 12.2 Å². The summed E-state index contributed by atoms with van der Waals surface area (Å²) in [5, 5.41) is 0. The molecule has 1 atom stereocenters. The fraction of sp³-hybridized carbons (Fsp3) is 0.444. The minimum Gasteiger partial charge on any atom is -0.462 e. The number of benzene rings is 1. The maximum atomic E-state index is 12.1. The van der Waals surface area contributed by atoms with Crippen LogP contribution in [0.3, 0.4) is 0 Å². The van der Waals surface area contributed by atoms with Crippen molar-refractivity contribution in [1.82, 2.24) is 0 Å². The molecule has 3 heteroatoms. The Hall–Kier alpha value is -1.90. The van der Waals surface area contributed by atoms with Crippen molar-refractivity contribution in [3.05, 3.63) is 41.5 Å². The largest absolute Gasteiger partial charge is 0.462 e. The first kappa shape index (κ1) is 17.2. The first-order valence-corrected chi connectivity index (χ1v) is 7.55. The van der Waals surface area contributed by atoms with E-state index < -0.39 is 5.97 Å². The van der Waals surface area contributed by atoms with E-state index in [9.17, 15) is 9.59 Å². The molecule has 1 unspecified atom stereocenters. The van der Waals surface area contributed by atoms with E-state index in [1.54, 1.807) is 24.3 Å². The highest BCUT2D eigenvalue weighted by molar-refractivity contribution is 5.98. The zero-order valence-corrected chi connectivity index (χ0v) is 12.9. The third kappa shape index (κ3) is 5.18. The summed E-state index contributed by atoms with van der Waals surface area (Å²) in [5.41, 5.74) is 1.47. The summed E-state index contributed by atoms with van der Waals surface area (Å²) in [6.45, 7) is 8.31. The topological polar surface area (TPSA) is 43.4 Å². The van der Waals surface area contributed by atoms with Crippen molar-refractivity contribution in [2.24, 2.45) is 5.92 Å². The maximum absolute atomic E-state index is 12.1. The van der Waals surface area contributed by atoms with E-state index in [0.717, 1.165) is 31.2 Å². The van der Waals surface area contributed by atoms with Crippen molar-refractivity contribution in [2.75, 3.05) is 6.61 Å². The molecule has 0 bridgehead atoms. The van der Waals surface area contributed by atoms with Crippen molar-refractivity contribution in [3.63, 3.8) is 0 Å². The van der Waals surface area contributed by atoms with Gasteiger partial charge in [-0.25, -0.2) is 4.79 Å². The van der Waals surface area contributed by atoms with Crippen LogP contribution in [0.2, 0.25) is 0 Å². The van der Waals surface area contributed by atoms with E-state index in [4.69, 9.17) is 4.74 Å². The van der Waals surface area contributed by atoms with E-state index in [2.05, 4.69) is 20.4 Å². The van der Waals surface area contributed by atoms with Gasteiger partial charge in [0, 0.05) is 5.56 Å². The minimum atomic E-state index is -0.428. The van der Waals surface area contributed by atoms with Crippen LogP contribution >= 0.6 is 0 Å². The summed E-state index contributed by atoms with van der Waals surface area (Å²) in [7, 11) is 0. The molecule has 0 aliphatic heterocycles. The zero-order valence-electron chi connectivity index (χ0n) is 12.9. The molecule has 0 aliphatic rings. The molecule has 0 aromatic heterocycles. The monoisotopic (exact) mass is 288 g/mol. The van der Waals surface area contributed by atoms with Crippen LogP contribution < -0.4 is 0 Å². The Kier molecular flexibility index (Phi) is 7.44. The van der Waals surface area contributed by atoms with Gasteiger partial charge in [-0.1, -0.05) is 51.8 Å². The molecular weight excluding hydrogens is 264 g/mol. The number of carbonyl (C=O) groups is 2. The minimum absolute atomic E-state index is 0.320. The Labute approximate surface area is 127 Å². The summed E-state index contributed by atoms with van der Waals surface area (Å²) in [5.74, 6) is -0.0382. The number of hydrogen-bond donors (Lipinski definition) is 0. The molecule has 114 valence electrons. The van der Waals surface area contributed by atoms with Crippen molar-refractivity contribution < 1.29 is 14.3 Å². The van der Waals surface area contributed by atoms with E-state index in [1.807, 2.05) is 0 Å². The van der Waals surface area contributed by atoms with Crippen LogP contribution in [-0.4, -0.2) is 18.9 Å². The highest BCUT2D eigenvalue weighted by atomic mass is 16.5. The lowest BCUT2D eigenvalue weighted by atomic mass is 10.0. The second-order valence-corrected chi connectivity index (χ2v) is 5.18. The first-order chi connectivity index (χ1) is 10.2. The number of esters is 1. The molecule has 0 fully saturated rings. The van der Waals surface area contributed by atoms with Gasteiger partial charge in [0.15, 0.2) is 6.29 Å². The Morgan fingerprint density at radius 3 is 2.71 bits per heavy atom. The van der Waals surface area contributed by atoms with Crippen LogP contribution in [0.1, 0.15) is 65.8 Å². The Morgan fingerprint density at radius 1 is 1.38 bits per heavy atom. The molecule has 0 amide bonds. The van der Waals surface area contributed by atoms with E-state index >= 15 is 0 Å². The van der Waals surface area contributed by atoms with Gasteiger partial charge in [0.25, 0.3) is 0 Å². The highest BCUT2D eigenvalue weighted by Crippen LogP contribution is 2.16. The molecule has 0 spiro atoms. The summed E-state index contributed by atoms with van der Waals surface area (Å²) < 4.78 is 5.37. The lowest BCUT2D eigenvalue weighted by Gasteiger charge is -2.15. The molecule has 1 aromatic carbocycles. The van der Waals surface area contributed by atoms with Crippen molar-refractivity contribution in [1.29, 1.82) is 0 Å². The van der Waals surface area contributed by atoms with E-state index in [1.165, 1.54) is 0 Å². The van der Waals surface area contributed by atoms with E-state index in [0.29, 0.717) is 29.9 Å². The molecule has 0 N–H and O–H groups in total. The molecule has 0 heterocycles. The van der Waals surface area contributed by atoms with Crippen LogP contribution in [0, 0.1) is 5.92 Å². The Morgan fingerprint density at radius 2 is 2.14 bits per heavy atom. The number of ether oxygens (including phenoxy) is 1. The predicted octanol–water partition coefficient (Wildman–Crippen LogP) is 4.52. The first-order valence-electron chi connectivity index (χ1n) is 7.55. The highest BCUT2D eigenvalue weighted by Gasteiger charge is 2.15. The lowest BCUT2D eigenvalue weighted by molar-refractivity contribution is 0.0426. The van der Waals surface area contributed by atoms with E-state index in [-0.39, 0.29) is 0 Å². The second-order valence-electron chi connectivity index (χ2n) is 5.18. The number of aldehydes is 1. The number of unbranched alkanes of at least 4 members (excludes halogenated alkanes) is 1. The quantitative estimate of drug-likeness (QED) is 0.496. The normalized spacial score (nSPS) is 11.7. The third-order valence-electron chi connectivity index (χ3n) is 3.65. The van der Waals surface area contributed by atoms with Crippen molar-refractivity contribution >= 4 is 18.3 Å². The zero-order chi connectivity index (χ0) is 15.7. The predicted molar refractivity (Wildman–Crippen MR) is 85.5 cm³/mol. The van der Waals surface area contributed by atoms with Gasteiger partial charge in [-0.15, -0.1) is 0 Å². The summed E-state index contributed by atoms with van der Waals surface area (Å²) in [6, 6.07) is 5.02. The van der Waals surface area contributed by atoms with Crippen LogP contribution in [0.15, 0.2) is 24.8 Å². The fourth-order valence-corrected chi connectivity index (χ4v) is 2.16. The summed E-state index contributed by atoms with van der Waals surface area (Å²) in [4.78, 5) is 23.2. The molecule has 0 aliphatic carbocycles. The molecule has 0 radical (unpaired) electrons. The van der Waals surface area contributed by atoms with Gasteiger partial charge in [-0.2, -0.15) is 0 Å². The van der Waals surface area contributed by atoms with Gasteiger partial charge in [-0.3, -0.25) is 4.79 Å². The number of carbonyl (C=O) groups excluding carboxylic acids is 2. The summed E-state index contributed by atoms with van der Waals surface area (Å²) in [6.07, 6.45) is 6.66. The molecule has 1 aromatic rings. The molecule has 21 heavy (non-hydrogen) atoms. The SMILES string of the molecule is C=Cc1ccc(C(=O)OCC(CC)CCCC)c(C=O)c1. The van der Waals surface area contributed by atoms with Crippen molar-refractivity contribution in [2.45, 2.75) is 39.5 Å². The molecule has 0 saturated heterocycles. The van der Waals surface area contributed by atoms with Gasteiger partial charge in [-0.05, 0) is 30.0 Å². The second kappa shape index (κ2) is 9.11. The summed E-state index contributed by atoms with van der Waals surface area (Å²) >= 11 is 0. The lowest BCUT2D eigenvalue weighted by Crippen LogP contribution is -2.15. The Bertz CT molecular complexity index is 491. The molecule has 1 rings (SSSR count). The number of rotatable bonds is 9. The number of hydrogen-bond acceptors (Lipinski definition) is 3.